The Hall–Kier alpha value is -0.670. The molecule has 7 fully saturated rings. The van der Waals surface area contributed by atoms with Gasteiger partial charge in [-0.1, -0.05) is 19.4 Å². The van der Waals surface area contributed by atoms with Gasteiger partial charge in [0.05, 0.1) is 11.7 Å². The summed E-state index contributed by atoms with van der Waals surface area (Å²) >= 11 is 0. The van der Waals surface area contributed by atoms with Crippen LogP contribution in [0.5, 0.6) is 0 Å². The molecule has 2 heterocycles. The molecule has 8 aliphatic rings. The standard InChI is InChI=1S/C28H39NO2/c1-16-10-23-24(29(3)14-16)22-13-27-15-26(27)12-21-19(20(26)7-9-28(22,27)31-23)5-4-17-11-18(30)6-8-25(17,21)2/h11,16,19-24H,4-10,12-15H2,1-3H3/t16-,19?,20-,21-,22+,23+,24?,25-,26?,27?,28+/m0/s1. The first-order valence-corrected chi connectivity index (χ1v) is 13.5. The minimum absolute atomic E-state index is 0.229. The lowest BCUT2D eigenvalue weighted by atomic mass is 9.47. The second-order valence-electron chi connectivity index (χ2n) is 13.8. The van der Waals surface area contributed by atoms with Crippen LogP contribution in [0, 0.1) is 45.8 Å². The van der Waals surface area contributed by atoms with Crippen LogP contribution in [0.25, 0.3) is 0 Å². The minimum atomic E-state index is 0.229. The fraction of sp³-hybridized carbons (Fsp3) is 0.893. The van der Waals surface area contributed by atoms with E-state index in [1.807, 2.05) is 0 Å². The molecule has 0 radical (unpaired) electrons. The number of carbonyl (C=O) groups is 1. The highest BCUT2D eigenvalue weighted by Crippen LogP contribution is 2.93. The van der Waals surface area contributed by atoms with Crippen LogP contribution >= 0.6 is 0 Å². The maximum atomic E-state index is 12.2. The zero-order chi connectivity index (χ0) is 21.0. The lowest BCUT2D eigenvalue weighted by Gasteiger charge is -2.60. The van der Waals surface area contributed by atoms with Crippen molar-refractivity contribution in [1.82, 2.24) is 4.90 Å². The molecule has 0 bridgehead atoms. The van der Waals surface area contributed by atoms with Crippen molar-refractivity contribution in [1.29, 1.82) is 0 Å². The second kappa shape index (κ2) is 5.35. The third-order valence-electron chi connectivity index (χ3n) is 13.0. The molecular formula is C28H39NO2. The number of rotatable bonds is 0. The van der Waals surface area contributed by atoms with Gasteiger partial charge in [0.1, 0.15) is 0 Å². The Morgan fingerprint density at radius 2 is 1.97 bits per heavy atom. The van der Waals surface area contributed by atoms with E-state index in [9.17, 15) is 4.79 Å². The van der Waals surface area contributed by atoms with E-state index in [1.54, 1.807) is 0 Å². The van der Waals surface area contributed by atoms with Crippen LogP contribution in [0.15, 0.2) is 11.6 Å². The number of ether oxygens (including phenoxy) is 1. The Labute approximate surface area is 187 Å². The quantitative estimate of drug-likeness (QED) is 0.551. The summed E-state index contributed by atoms with van der Waals surface area (Å²) in [6.07, 6.45) is 15.5. The molecule has 4 unspecified atom stereocenters. The molecule has 5 saturated carbocycles. The number of likely N-dealkylation sites (N-methyl/N-ethyl adjacent to an activating group) is 1. The maximum Gasteiger partial charge on any atom is 0.155 e. The zero-order valence-electron chi connectivity index (χ0n) is 19.7. The van der Waals surface area contributed by atoms with Crippen LogP contribution in [0.1, 0.15) is 78.1 Å². The largest absolute Gasteiger partial charge is 0.369 e. The number of hydrogen-bond acceptors (Lipinski definition) is 3. The van der Waals surface area contributed by atoms with Crippen LogP contribution in [-0.2, 0) is 9.53 Å². The van der Waals surface area contributed by atoms with Gasteiger partial charge in [-0.05, 0) is 105 Å². The van der Waals surface area contributed by atoms with Crippen molar-refractivity contribution in [2.24, 2.45) is 45.8 Å². The smallest absolute Gasteiger partial charge is 0.155 e. The number of fused-ring (bicyclic) bond motifs is 6. The van der Waals surface area contributed by atoms with Crippen molar-refractivity contribution in [2.75, 3.05) is 13.6 Å². The van der Waals surface area contributed by atoms with Gasteiger partial charge in [-0.3, -0.25) is 4.79 Å². The summed E-state index contributed by atoms with van der Waals surface area (Å²) in [4.78, 5) is 14.9. The van der Waals surface area contributed by atoms with E-state index in [0.717, 1.165) is 42.4 Å². The topological polar surface area (TPSA) is 29.5 Å². The summed E-state index contributed by atoms with van der Waals surface area (Å²) in [5, 5.41) is 0. The van der Waals surface area contributed by atoms with Crippen LogP contribution < -0.4 is 0 Å². The Kier molecular flexibility index (Phi) is 3.23. The number of hydrogen-bond donors (Lipinski definition) is 0. The second-order valence-corrected chi connectivity index (χ2v) is 13.8. The minimum Gasteiger partial charge on any atom is -0.369 e. The van der Waals surface area contributed by atoms with E-state index in [2.05, 4.69) is 31.9 Å². The molecule has 31 heavy (non-hydrogen) atoms. The fourth-order valence-electron chi connectivity index (χ4n) is 12.0. The lowest BCUT2D eigenvalue weighted by Crippen LogP contribution is -2.64. The van der Waals surface area contributed by atoms with E-state index >= 15 is 0 Å². The Balaban J connectivity index is 1.15. The Morgan fingerprint density at radius 3 is 2.84 bits per heavy atom. The van der Waals surface area contributed by atoms with Gasteiger partial charge in [0.15, 0.2) is 5.78 Å². The van der Waals surface area contributed by atoms with Crippen LogP contribution in [-0.4, -0.2) is 42.0 Å². The normalized spacial score (nSPS) is 63.4. The fourth-order valence-corrected chi connectivity index (χ4v) is 12.0. The Bertz CT molecular complexity index is 926. The molecule has 8 rings (SSSR count). The van der Waals surface area contributed by atoms with Crippen molar-refractivity contribution < 1.29 is 9.53 Å². The van der Waals surface area contributed by atoms with Gasteiger partial charge >= 0.3 is 0 Å². The molecule has 3 nitrogen and oxygen atoms in total. The number of carbonyl (C=O) groups excluding carboxylic acids is 1. The first-order chi connectivity index (χ1) is 14.8. The van der Waals surface area contributed by atoms with Gasteiger partial charge in [0.25, 0.3) is 0 Å². The maximum absolute atomic E-state index is 12.2. The monoisotopic (exact) mass is 421 g/mol. The molecule has 0 aromatic heterocycles. The number of allylic oxidation sites excluding steroid dienone is 2. The molecule has 3 spiro atoms. The van der Waals surface area contributed by atoms with E-state index < -0.39 is 0 Å². The highest BCUT2D eigenvalue weighted by atomic mass is 16.5. The van der Waals surface area contributed by atoms with E-state index in [0.29, 0.717) is 34.2 Å². The lowest BCUT2D eigenvalue weighted by molar-refractivity contribution is -0.211. The van der Waals surface area contributed by atoms with Crippen LogP contribution in [0.4, 0.5) is 0 Å². The third-order valence-corrected chi connectivity index (χ3v) is 13.0. The van der Waals surface area contributed by atoms with Gasteiger partial charge in [-0.15, -0.1) is 0 Å². The summed E-state index contributed by atoms with van der Waals surface area (Å²) in [7, 11) is 2.37. The third kappa shape index (κ3) is 1.83. The van der Waals surface area contributed by atoms with E-state index in [4.69, 9.17) is 4.74 Å². The predicted molar refractivity (Wildman–Crippen MR) is 119 cm³/mol. The molecule has 0 aromatic carbocycles. The van der Waals surface area contributed by atoms with Crippen molar-refractivity contribution in [3.8, 4) is 0 Å². The molecule has 0 N–H and O–H groups in total. The average molecular weight is 422 g/mol. The highest BCUT2D eigenvalue weighted by Gasteiger charge is 2.91. The average Bonchev–Trinajstić information content (AvgIpc) is 3.19. The Morgan fingerprint density at radius 1 is 1.10 bits per heavy atom. The molecule has 168 valence electrons. The molecular weight excluding hydrogens is 382 g/mol. The molecule has 2 aliphatic heterocycles. The highest BCUT2D eigenvalue weighted by molar-refractivity contribution is 5.91. The van der Waals surface area contributed by atoms with Gasteiger partial charge in [-0.2, -0.15) is 0 Å². The SMILES string of the molecule is C[C@H]1C[C@H]2O[C@@]34CC[C@H]5C6CCC7=CC(=O)CC[C@]7(C)[C@H]6CC56CC63C[C@@H]4C2N(C)C1. The predicted octanol–water partition coefficient (Wildman–Crippen LogP) is 5.00. The first-order valence-electron chi connectivity index (χ1n) is 13.5. The summed E-state index contributed by atoms with van der Waals surface area (Å²) in [5.74, 6) is 4.65. The number of ketones is 1. The summed E-state index contributed by atoms with van der Waals surface area (Å²) in [6.45, 7) is 6.22. The van der Waals surface area contributed by atoms with E-state index in [1.165, 1.54) is 63.5 Å². The zero-order valence-corrected chi connectivity index (χ0v) is 19.7. The first kappa shape index (κ1) is 18.7. The molecule has 0 aromatic rings. The molecule has 2 saturated heterocycles. The molecule has 3 heteroatoms. The number of nitrogens with zero attached hydrogens (tertiary/aromatic N) is 1. The van der Waals surface area contributed by atoms with Crippen LogP contribution in [0.3, 0.4) is 0 Å². The van der Waals surface area contributed by atoms with E-state index in [-0.39, 0.29) is 5.60 Å². The van der Waals surface area contributed by atoms with Gasteiger partial charge in [0, 0.05) is 30.3 Å². The van der Waals surface area contributed by atoms with Gasteiger partial charge in [-0.25, -0.2) is 0 Å². The van der Waals surface area contributed by atoms with Gasteiger partial charge in [0.2, 0.25) is 0 Å². The summed E-state index contributed by atoms with van der Waals surface area (Å²) < 4.78 is 7.25. The molecule has 0 amide bonds. The van der Waals surface area contributed by atoms with Gasteiger partial charge < -0.3 is 9.64 Å². The number of likely N-dealkylation sites (tertiary alicyclic amines) is 1. The van der Waals surface area contributed by atoms with Crippen molar-refractivity contribution >= 4 is 5.78 Å². The molecule has 6 aliphatic carbocycles. The van der Waals surface area contributed by atoms with Crippen LogP contribution in [0.2, 0.25) is 0 Å². The van der Waals surface area contributed by atoms with Crippen molar-refractivity contribution in [3.05, 3.63) is 11.6 Å². The summed E-state index contributed by atoms with van der Waals surface area (Å²) in [5.41, 5.74) is 3.18. The van der Waals surface area contributed by atoms with Crippen molar-refractivity contribution in [3.63, 3.8) is 0 Å². The molecule has 11 atom stereocenters. The summed E-state index contributed by atoms with van der Waals surface area (Å²) in [6, 6.07) is 0.691. The van der Waals surface area contributed by atoms with Crippen molar-refractivity contribution in [2.45, 2.75) is 95.8 Å². The number of piperidine rings is 1.